The zero-order valence-corrected chi connectivity index (χ0v) is 16.5. The smallest absolute Gasteiger partial charge is 0.214 e. The van der Waals surface area contributed by atoms with E-state index in [1.165, 1.54) is 6.33 Å². The largest absolute Gasteiger partial charge is 0.475 e. The lowest BCUT2D eigenvalue weighted by atomic mass is 9.80. The molecule has 0 aliphatic rings. The Hall–Kier alpha value is -2.19. The Morgan fingerprint density at radius 3 is 2.58 bits per heavy atom. The number of rotatable bonds is 7. The fourth-order valence-electron chi connectivity index (χ4n) is 2.41. The van der Waals surface area contributed by atoms with E-state index in [0.717, 1.165) is 0 Å². The summed E-state index contributed by atoms with van der Waals surface area (Å²) < 4.78 is 4.62. The van der Waals surface area contributed by atoms with Gasteiger partial charge in [0.05, 0.1) is 5.41 Å². The SMILES string of the molecule is CC(C)(C(=O)C(Oc1ccccc1)c1ncc[nH]1)C(Cl)(Br)c1nc[nH]n1. The second-order valence-corrected chi connectivity index (χ2v) is 8.38. The summed E-state index contributed by atoms with van der Waals surface area (Å²) in [6.07, 6.45) is 3.62. The minimum atomic E-state index is -1.33. The highest BCUT2D eigenvalue weighted by Gasteiger charge is 2.53. The summed E-state index contributed by atoms with van der Waals surface area (Å²) in [6, 6.07) is 9.06. The summed E-state index contributed by atoms with van der Waals surface area (Å²) in [4.78, 5) is 24.7. The zero-order valence-electron chi connectivity index (χ0n) is 14.1. The van der Waals surface area contributed by atoms with Crippen LogP contribution in [0.1, 0.15) is 31.6 Å². The minimum absolute atomic E-state index is 0.260. The molecule has 3 aromatic rings. The molecule has 2 unspecified atom stereocenters. The van der Waals surface area contributed by atoms with Crippen LogP contribution in [-0.2, 0) is 8.58 Å². The topological polar surface area (TPSA) is 96.5 Å². The number of nitrogens with zero attached hydrogens (tertiary/aromatic N) is 3. The third-order valence-electron chi connectivity index (χ3n) is 4.10. The number of hydrogen-bond acceptors (Lipinski definition) is 5. The zero-order chi connectivity index (χ0) is 18.8. The van der Waals surface area contributed by atoms with Crippen LogP contribution in [0, 0.1) is 5.41 Å². The van der Waals surface area contributed by atoms with Crippen LogP contribution in [-0.4, -0.2) is 30.9 Å². The molecule has 2 N–H and O–H groups in total. The predicted octanol–water partition coefficient (Wildman–Crippen LogP) is 3.73. The molecule has 2 heterocycles. The number of benzene rings is 1. The van der Waals surface area contributed by atoms with Gasteiger partial charge in [-0.25, -0.2) is 9.97 Å². The second-order valence-electron chi connectivity index (χ2n) is 6.17. The van der Waals surface area contributed by atoms with E-state index in [1.54, 1.807) is 38.4 Å². The van der Waals surface area contributed by atoms with Crippen LogP contribution in [0.5, 0.6) is 5.75 Å². The quantitative estimate of drug-likeness (QED) is 0.548. The van der Waals surface area contributed by atoms with Crippen molar-refractivity contribution in [3.05, 3.63) is 60.7 Å². The number of Topliss-reactive ketones (excluding diaryl/α,β-unsaturated/α-hetero) is 1. The van der Waals surface area contributed by atoms with E-state index in [2.05, 4.69) is 41.1 Å². The number of aromatic nitrogens is 5. The molecular weight excluding hydrogens is 422 g/mol. The normalized spacial score (nSPS) is 15.2. The summed E-state index contributed by atoms with van der Waals surface area (Å²) in [5.41, 5.74) is -1.14. The molecule has 136 valence electrons. The first-order valence-corrected chi connectivity index (χ1v) is 9.00. The maximum atomic E-state index is 13.4. The van der Waals surface area contributed by atoms with Crippen LogP contribution in [0.25, 0.3) is 0 Å². The lowest BCUT2D eigenvalue weighted by Gasteiger charge is -2.36. The molecule has 0 saturated carbocycles. The Labute approximate surface area is 163 Å². The molecule has 0 fully saturated rings. The van der Waals surface area contributed by atoms with Crippen molar-refractivity contribution in [2.75, 3.05) is 0 Å². The van der Waals surface area contributed by atoms with Gasteiger partial charge in [-0.05, 0) is 26.0 Å². The van der Waals surface area contributed by atoms with Crippen molar-refractivity contribution in [1.29, 1.82) is 0 Å². The third kappa shape index (κ3) is 3.39. The summed E-state index contributed by atoms with van der Waals surface area (Å²) in [6.45, 7) is 3.41. The average Bonchev–Trinajstić information content (AvgIpc) is 3.33. The van der Waals surface area contributed by atoms with Gasteiger partial charge in [-0.15, -0.1) is 0 Å². The molecule has 2 aromatic heterocycles. The number of carbonyl (C=O) groups excluding carboxylic acids is 1. The standard InChI is InChI=1S/C17H17BrClN5O2/c1-16(2,17(18,19)15-22-10-23-24-15)13(25)12(14-20-8-9-21-14)26-11-6-4-3-5-7-11/h3-10,12H,1-2H3,(H,20,21)(H,22,23,24). The van der Waals surface area contributed by atoms with Gasteiger partial charge in [0.15, 0.2) is 21.2 Å². The summed E-state index contributed by atoms with van der Waals surface area (Å²) in [7, 11) is 0. The number of nitrogens with one attached hydrogen (secondary N) is 2. The number of ether oxygens (including phenoxy) is 1. The molecule has 2 atom stereocenters. The van der Waals surface area contributed by atoms with Crippen LogP contribution in [0.3, 0.4) is 0 Å². The van der Waals surface area contributed by atoms with E-state index in [-0.39, 0.29) is 11.6 Å². The molecule has 0 aliphatic carbocycles. The number of para-hydroxylation sites is 1. The van der Waals surface area contributed by atoms with E-state index in [9.17, 15) is 4.79 Å². The summed E-state index contributed by atoms with van der Waals surface area (Å²) >= 11 is 10.1. The summed E-state index contributed by atoms with van der Waals surface area (Å²) in [5.74, 6) is 0.913. The molecular formula is C17H17BrClN5O2. The van der Waals surface area contributed by atoms with Crippen molar-refractivity contribution in [3.63, 3.8) is 0 Å². The van der Waals surface area contributed by atoms with E-state index in [0.29, 0.717) is 11.6 Å². The number of imidazole rings is 1. The van der Waals surface area contributed by atoms with Crippen LogP contribution in [0.2, 0.25) is 0 Å². The average molecular weight is 439 g/mol. The van der Waals surface area contributed by atoms with Crippen LogP contribution >= 0.6 is 27.5 Å². The van der Waals surface area contributed by atoms with Crippen molar-refractivity contribution in [1.82, 2.24) is 25.1 Å². The van der Waals surface area contributed by atoms with Crippen molar-refractivity contribution >= 4 is 33.3 Å². The molecule has 3 rings (SSSR count). The van der Waals surface area contributed by atoms with E-state index >= 15 is 0 Å². The molecule has 26 heavy (non-hydrogen) atoms. The Morgan fingerprint density at radius 2 is 2.00 bits per heavy atom. The molecule has 7 nitrogen and oxygen atoms in total. The number of aromatic amines is 2. The Balaban J connectivity index is 1.96. The van der Waals surface area contributed by atoms with Crippen molar-refractivity contribution in [2.45, 2.75) is 23.7 Å². The minimum Gasteiger partial charge on any atom is -0.475 e. The highest BCUT2D eigenvalue weighted by molar-refractivity contribution is 9.10. The summed E-state index contributed by atoms with van der Waals surface area (Å²) in [5, 5.41) is 6.62. The number of alkyl halides is 2. The Bertz CT molecular complexity index is 851. The highest BCUT2D eigenvalue weighted by Crippen LogP contribution is 2.51. The van der Waals surface area contributed by atoms with Crippen molar-refractivity contribution in [3.8, 4) is 5.75 Å². The van der Waals surface area contributed by atoms with Gasteiger partial charge < -0.3 is 9.72 Å². The second kappa shape index (κ2) is 7.20. The highest BCUT2D eigenvalue weighted by atomic mass is 79.9. The van der Waals surface area contributed by atoms with Crippen molar-refractivity contribution < 1.29 is 9.53 Å². The van der Waals surface area contributed by atoms with Crippen LogP contribution in [0.4, 0.5) is 0 Å². The van der Waals surface area contributed by atoms with E-state index in [1.807, 2.05) is 18.2 Å². The lowest BCUT2D eigenvalue weighted by molar-refractivity contribution is -0.135. The lowest BCUT2D eigenvalue weighted by Crippen LogP contribution is -2.44. The van der Waals surface area contributed by atoms with Gasteiger partial charge in [0.1, 0.15) is 12.1 Å². The monoisotopic (exact) mass is 437 g/mol. The van der Waals surface area contributed by atoms with Crippen molar-refractivity contribution in [2.24, 2.45) is 5.41 Å². The van der Waals surface area contributed by atoms with E-state index in [4.69, 9.17) is 16.3 Å². The third-order valence-corrected chi connectivity index (χ3v) is 6.09. The van der Waals surface area contributed by atoms with Gasteiger partial charge in [0.25, 0.3) is 0 Å². The molecule has 0 bridgehead atoms. The number of H-pyrrole nitrogens is 2. The van der Waals surface area contributed by atoms with Gasteiger partial charge in [0, 0.05) is 12.4 Å². The number of ketones is 1. The number of hydrogen-bond donors (Lipinski definition) is 2. The number of carbonyl (C=O) groups is 1. The molecule has 0 saturated heterocycles. The van der Waals surface area contributed by atoms with Crippen LogP contribution in [0.15, 0.2) is 49.1 Å². The Kier molecular flexibility index (Phi) is 5.15. The molecule has 0 radical (unpaired) electrons. The molecule has 0 aliphatic heterocycles. The first-order chi connectivity index (χ1) is 12.3. The molecule has 9 heteroatoms. The molecule has 0 spiro atoms. The molecule has 1 aromatic carbocycles. The van der Waals surface area contributed by atoms with Gasteiger partial charge in [-0.1, -0.05) is 45.7 Å². The van der Waals surface area contributed by atoms with Gasteiger partial charge in [0.2, 0.25) is 6.10 Å². The van der Waals surface area contributed by atoms with Gasteiger partial charge >= 0.3 is 0 Å². The maximum Gasteiger partial charge on any atom is 0.214 e. The first kappa shape index (κ1) is 18.6. The fourth-order valence-corrected chi connectivity index (χ4v) is 2.98. The predicted molar refractivity (Wildman–Crippen MR) is 100 cm³/mol. The number of halogens is 2. The van der Waals surface area contributed by atoms with Gasteiger partial charge in [-0.2, -0.15) is 5.10 Å². The van der Waals surface area contributed by atoms with Crippen LogP contribution < -0.4 is 4.74 Å². The fraction of sp³-hybridized carbons (Fsp3) is 0.294. The molecule has 0 amide bonds. The van der Waals surface area contributed by atoms with Gasteiger partial charge in [-0.3, -0.25) is 9.89 Å². The Morgan fingerprint density at radius 1 is 1.27 bits per heavy atom. The van der Waals surface area contributed by atoms with E-state index < -0.39 is 15.3 Å². The maximum absolute atomic E-state index is 13.4. The first-order valence-electron chi connectivity index (χ1n) is 7.83.